The number of rotatable bonds is 14. The fourth-order valence-corrected chi connectivity index (χ4v) is 3.85. The number of hydrogen-bond acceptors (Lipinski definition) is 6. The summed E-state index contributed by atoms with van der Waals surface area (Å²) in [7, 11) is 0. The minimum Gasteiger partial charge on any atom is -0.481 e. The van der Waals surface area contributed by atoms with Gasteiger partial charge in [0.15, 0.2) is 0 Å². The van der Waals surface area contributed by atoms with Crippen molar-refractivity contribution in [3.05, 3.63) is 59.8 Å². The summed E-state index contributed by atoms with van der Waals surface area (Å²) in [4.78, 5) is 14.2. The quantitative estimate of drug-likeness (QED) is 0.103. The molecule has 1 aliphatic heterocycles. The first-order valence-corrected chi connectivity index (χ1v) is 11.4. The van der Waals surface area contributed by atoms with Gasteiger partial charge in [0.25, 0.3) is 0 Å². The number of carboxylic acids is 1. The first-order chi connectivity index (χ1) is 15.7. The van der Waals surface area contributed by atoms with Gasteiger partial charge in [-0.3, -0.25) is 9.69 Å². The normalized spacial score (nSPS) is 18.5. The lowest BCUT2D eigenvalue weighted by Crippen LogP contribution is -2.37. The Morgan fingerprint density at radius 3 is 2.45 bits per heavy atom. The fraction of sp³-hybridized carbons (Fsp3) is 0.520. The molecule has 0 aromatic rings. The van der Waals surface area contributed by atoms with Crippen LogP contribution in [0.15, 0.2) is 64.9 Å². The number of morpholine rings is 1. The van der Waals surface area contributed by atoms with Gasteiger partial charge in [0, 0.05) is 25.6 Å². The number of nitrogens with two attached hydrogens (primary N) is 2. The van der Waals surface area contributed by atoms with E-state index in [-0.39, 0.29) is 5.84 Å². The maximum atomic E-state index is 11.8. The number of carboxylic acid groups (broad SMARTS) is 1. The Morgan fingerprint density at radius 2 is 1.91 bits per heavy atom. The van der Waals surface area contributed by atoms with Gasteiger partial charge in [-0.15, -0.1) is 0 Å². The number of hydrazine groups is 1. The smallest absolute Gasteiger partial charge is 0.307 e. The lowest BCUT2D eigenvalue weighted by Gasteiger charge is -2.28. The van der Waals surface area contributed by atoms with Crippen LogP contribution in [0.5, 0.6) is 0 Å². The standard InChI is InChI=1S/C25H41N5O3/c1-6-8-21(17-30-12-14-33-15-13-30)20(5)19(4)11-10-18(3)16-23(24(26)28-29-27)22(9-7-2)25(31)32/h6,8,10-11,22-23,29H,1,5,7,9,12-17,27H2,2-4H3,(H2,26,28)(H,31,32)/b18-10+,19-11+,21-8-/t22-,23-/m0/s1. The van der Waals surface area contributed by atoms with Crippen molar-refractivity contribution < 1.29 is 14.6 Å². The van der Waals surface area contributed by atoms with Crippen molar-refractivity contribution in [2.24, 2.45) is 28.5 Å². The molecule has 0 unspecified atom stereocenters. The van der Waals surface area contributed by atoms with Crippen molar-refractivity contribution in [1.82, 2.24) is 10.4 Å². The van der Waals surface area contributed by atoms with E-state index in [1.807, 2.05) is 39.0 Å². The second-order valence-corrected chi connectivity index (χ2v) is 8.37. The van der Waals surface area contributed by atoms with Crippen molar-refractivity contribution in [3.8, 4) is 0 Å². The van der Waals surface area contributed by atoms with Gasteiger partial charge < -0.3 is 15.6 Å². The Bertz CT molecular complexity index is 792. The van der Waals surface area contributed by atoms with Crippen LogP contribution in [0.25, 0.3) is 0 Å². The second-order valence-electron chi connectivity index (χ2n) is 8.37. The maximum absolute atomic E-state index is 11.8. The molecule has 0 aromatic heterocycles. The second kappa shape index (κ2) is 15.2. The summed E-state index contributed by atoms with van der Waals surface area (Å²) in [5.41, 5.74) is 12.3. The molecule has 2 atom stereocenters. The van der Waals surface area contributed by atoms with Crippen LogP contribution < -0.4 is 17.1 Å². The summed E-state index contributed by atoms with van der Waals surface area (Å²) >= 11 is 0. The molecular weight excluding hydrogens is 418 g/mol. The molecule has 1 rings (SSSR count). The highest BCUT2D eigenvalue weighted by Gasteiger charge is 2.30. The molecule has 0 radical (unpaired) electrons. The van der Waals surface area contributed by atoms with E-state index in [9.17, 15) is 9.90 Å². The fourth-order valence-electron chi connectivity index (χ4n) is 3.85. The molecule has 6 N–H and O–H groups in total. The van der Waals surface area contributed by atoms with E-state index in [0.717, 1.165) is 61.6 Å². The average Bonchev–Trinajstić information content (AvgIpc) is 2.79. The van der Waals surface area contributed by atoms with Crippen molar-refractivity contribution in [3.63, 3.8) is 0 Å². The Morgan fingerprint density at radius 1 is 1.24 bits per heavy atom. The number of hydrazone groups is 1. The molecular formula is C25H41N5O3. The lowest BCUT2D eigenvalue weighted by molar-refractivity contribution is -0.143. The van der Waals surface area contributed by atoms with Gasteiger partial charge >= 0.3 is 5.97 Å². The molecule has 1 aliphatic rings. The van der Waals surface area contributed by atoms with E-state index in [1.165, 1.54) is 0 Å². The minimum absolute atomic E-state index is 0.193. The summed E-state index contributed by atoms with van der Waals surface area (Å²) in [5, 5.41) is 13.6. The molecule has 1 heterocycles. The summed E-state index contributed by atoms with van der Waals surface area (Å²) in [5.74, 6) is 3.50. The van der Waals surface area contributed by atoms with Crippen LogP contribution in [-0.4, -0.2) is 54.7 Å². The SMILES string of the molecule is C=C/C=C(/CN1CCOCC1)C(=C)/C(C)=C/C=C(\C)C[C@H](/C(N)=N/NN)[C@H](CCC)C(=O)O. The van der Waals surface area contributed by atoms with E-state index in [4.69, 9.17) is 16.3 Å². The number of nitrogens with zero attached hydrogens (tertiary/aromatic N) is 2. The molecule has 1 fully saturated rings. The van der Waals surface area contributed by atoms with Gasteiger partial charge in [-0.2, -0.15) is 5.10 Å². The first-order valence-electron chi connectivity index (χ1n) is 11.4. The van der Waals surface area contributed by atoms with E-state index in [2.05, 4.69) is 28.7 Å². The molecule has 0 spiro atoms. The van der Waals surface area contributed by atoms with Crippen molar-refractivity contribution in [1.29, 1.82) is 0 Å². The molecule has 33 heavy (non-hydrogen) atoms. The highest BCUT2D eigenvalue weighted by atomic mass is 16.5. The van der Waals surface area contributed by atoms with Crippen LogP contribution in [0, 0.1) is 11.8 Å². The zero-order chi connectivity index (χ0) is 24.8. The third kappa shape index (κ3) is 9.77. The average molecular weight is 460 g/mol. The van der Waals surface area contributed by atoms with Crippen molar-refractivity contribution >= 4 is 11.8 Å². The summed E-state index contributed by atoms with van der Waals surface area (Å²) in [6, 6.07) is 0. The molecule has 0 aromatic carbocycles. The summed E-state index contributed by atoms with van der Waals surface area (Å²) < 4.78 is 5.44. The number of aliphatic carboxylic acids is 1. The van der Waals surface area contributed by atoms with Crippen LogP contribution in [0.3, 0.4) is 0 Å². The van der Waals surface area contributed by atoms with Crippen molar-refractivity contribution in [2.75, 3.05) is 32.8 Å². The molecule has 1 saturated heterocycles. The van der Waals surface area contributed by atoms with Gasteiger partial charge in [-0.1, -0.05) is 56.4 Å². The third-order valence-corrected chi connectivity index (χ3v) is 5.82. The third-order valence-electron chi connectivity index (χ3n) is 5.82. The Kier molecular flexibility index (Phi) is 13.1. The number of hydrogen-bond donors (Lipinski definition) is 4. The number of allylic oxidation sites excluding steroid dienone is 6. The molecule has 184 valence electrons. The molecule has 8 nitrogen and oxygen atoms in total. The van der Waals surface area contributed by atoms with E-state index in [0.29, 0.717) is 12.8 Å². The Labute approximate surface area is 198 Å². The van der Waals surface area contributed by atoms with Gasteiger partial charge in [0.2, 0.25) is 0 Å². The van der Waals surface area contributed by atoms with Gasteiger partial charge in [0.1, 0.15) is 5.84 Å². The summed E-state index contributed by atoms with van der Waals surface area (Å²) in [6.45, 7) is 18.1. The number of carbonyl (C=O) groups is 1. The predicted octanol–water partition coefficient (Wildman–Crippen LogP) is 3.12. The number of amidine groups is 1. The molecule has 8 heteroatoms. The highest BCUT2D eigenvalue weighted by molar-refractivity contribution is 5.87. The summed E-state index contributed by atoms with van der Waals surface area (Å²) in [6.07, 6.45) is 9.50. The van der Waals surface area contributed by atoms with Gasteiger partial charge in [-0.05, 0) is 43.4 Å². The Balaban J connectivity index is 3.01. The van der Waals surface area contributed by atoms with Crippen LogP contribution in [0.1, 0.15) is 40.0 Å². The molecule has 0 bridgehead atoms. The molecule has 0 amide bonds. The highest BCUT2D eigenvalue weighted by Crippen LogP contribution is 2.26. The van der Waals surface area contributed by atoms with E-state index in [1.54, 1.807) is 6.08 Å². The van der Waals surface area contributed by atoms with Crippen LogP contribution >= 0.6 is 0 Å². The molecule has 0 saturated carbocycles. The topological polar surface area (TPSA) is 126 Å². The van der Waals surface area contributed by atoms with Gasteiger partial charge in [-0.25, -0.2) is 11.4 Å². The van der Waals surface area contributed by atoms with E-state index < -0.39 is 17.8 Å². The van der Waals surface area contributed by atoms with Crippen LogP contribution in [-0.2, 0) is 9.53 Å². The first kappa shape index (κ1) is 28.4. The largest absolute Gasteiger partial charge is 0.481 e. The lowest BCUT2D eigenvalue weighted by atomic mass is 9.83. The molecule has 0 aliphatic carbocycles. The zero-order valence-corrected chi connectivity index (χ0v) is 20.3. The number of ether oxygens (including phenoxy) is 1. The monoisotopic (exact) mass is 459 g/mol. The predicted molar refractivity (Wildman–Crippen MR) is 135 cm³/mol. The van der Waals surface area contributed by atoms with E-state index >= 15 is 0 Å². The zero-order valence-electron chi connectivity index (χ0n) is 20.3. The minimum atomic E-state index is -0.882. The van der Waals surface area contributed by atoms with Gasteiger partial charge in [0.05, 0.1) is 19.1 Å². The van der Waals surface area contributed by atoms with Crippen LogP contribution in [0.4, 0.5) is 0 Å². The van der Waals surface area contributed by atoms with Crippen LogP contribution in [0.2, 0.25) is 0 Å². The Hall–Kier alpha value is -2.68. The van der Waals surface area contributed by atoms with Crippen molar-refractivity contribution in [2.45, 2.75) is 40.0 Å². The maximum Gasteiger partial charge on any atom is 0.307 e. The number of nitrogens with one attached hydrogen (secondary N) is 1.